The van der Waals surface area contributed by atoms with E-state index in [1.165, 1.54) is 6.42 Å². The molecule has 0 aliphatic heterocycles. The minimum absolute atomic E-state index is 0.103. The van der Waals surface area contributed by atoms with Crippen LogP contribution in [0.5, 0.6) is 0 Å². The molecular formula is C11H19NO3. The van der Waals surface area contributed by atoms with Crippen LogP contribution >= 0.6 is 0 Å². The lowest BCUT2D eigenvalue weighted by atomic mass is 9.74. The highest BCUT2D eigenvalue weighted by Gasteiger charge is 2.34. The van der Waals surface area contributed by atoms with E-state index in [2.05, 4.69) is 12.2 Å². The largest absolute Gasteiger partial charge is 0.480 e. The summed E-state index contributed by atoms with van der Waals surface area (Å²) < 4.78 is 0. The van der Waals surface area contributed by atoms with E-state index in [4.69, 9.17) is 5.11 Å². The number of rotatable bonds is 5. The van der Waals surface area contributed by atoms with E-state index in [1.54, 1.807) is 0 Å². The van der Waals surface area contributed by atoms with Crippen molar-refractivity contribution in [2.75, 3.05) is 0 Å². The van der Waals surface area contributed by atoms with Crippen molar-refractivity contribution in [2.24, 2.45) is 11.8 Å². The second kappa shape index (κ2) is 5.73. The summed E-state index contributed by atoms with van der Waals surface area (Å²) in [5.74, 6) is -0.369. The number of carbonyl (C=O) groups is 2. The molecule has 3 atom stereocenters. The Labute approximate surface area is 90.0 Å². The summed E-state index contributed by atoms with van der Waals surface area (Å²) in [6, 6.07) is -0.701. The number of aliphatic carboxylic acids is 1. The van der Waals surface area contributed by atoms with Gasteiger partial charge in [-0.3, -0.25) is 4.79 Å². The molecule has 2 N–H and O–H groups in total. The topological polar surface area (TPSA) is 66.4 Å². The Morgan fingerprint density at radius 2 is 2.20 bits per heavy atom. The Kier molecular flexibility index (Phi) is 4.59. The molecule has 0 heterocycles. The fraction of sp³-hybridized carbons (Fsp3) is 0.818. The third-order valence-corrected chi connectivity index (χ3v) is 3.43. The Morgan fingerprint density at radius 1 is 1.53 bits per heavy atom. The monoisotopic (exact) mass is 213 g/mol. The number of nitrogens with one attached hydrogen (secondary N) is 1. The maximum atomic E-state index is 11.0. The first kappa shape index (κ1) is 12.0. The van der Waals surface area contributed by atoms with Gasteiger partial charge in [-0.1, -0.05) is 32.6 Å². The van der Waals surface area contributed by atoms with Gasteiger partial charge in [-0.2, -0.15) is 0 Å². The molecule has 1 saturated carbocycles. The first-order chi connectivity index (χ1) is 7.20. The number of hydrogen-bond acceptors (Lipinski definition) is 2. The van der Waals surface area contributed by atoms with Crippen molar-refractivity contribution >= 4 is 12.4 Å². The molecule has 0 aromatic heterocycles. The van der Waals surface area contributed by atoms with Crippen molar-refractivity contribution < 1.29 is 14.7 Å². The smallest absolute Gasteiger partial charge is 0.326 e. The van der Waals surface area contributed by atoms with Crippen LogP contribution in [0.15, 0.2) is 0 Å². The number of carboxylic acid groups (broad SMARTS) is 1. The molecule has 1 fully saturated rings. The van der Waals surface area contributed by atoms with E-state index in [0.29, 0.717) is 12.3 Å². The standard InChI is InChI=1S/C11H19NO3/c1-2-8-5-3-4-6-9(8)10(11(14)15)12-7-13/h7-10H,2-6H2,1H3,(H,12,13)(H,14,15). The van der Waals surface area contributed by atoms with Gasteiger partial charge in [0.2, 0.25) is 6.41 Å². The molecule has 0 aromatic carbocycles. The van der Waals surface area contributed by atoms with E-state index in [0.717, 1.165) is 25.7 Å². The molecule has 0 bridgehead atoms. The fourth-order valence-electron chi connectivity index (χ4n) is 2.63. The summed E-state index contributed by atoms with van der Waals surface area (Å²) in [4.78, 5) is 21.4. The maximum Gasteiger partial charge on any atom is 0.326 e. The predicted molar refractivity (Wildman–Crippen MR) is 56.4 cm³/mol. The highest BCUT2D eigenvalue weighted by molar-refractivity contribution is 5.76. The minimum Gasteiger partial charge on any atom is -0.480 e. The third kappa shape index (κ3) is 2.94. The Balaban J connectivity index is 2.69. The van der Waals surface area contributed by atoms with Crippen molar-refractivity contribution in [1.82, 2.24) is 5.32 Å². The summed E-state index contributed by atoms with van der Waals surface area (Å²) in [5, 5.41) is 11.5. The van der Waals surface area contributed by atoms with Crippen LogP contribution < -0.4 is 5.32 Å². The van der Waals surface area contributed by atoms with Crippen molar-refractivity contribution in [1.29, 1.82) is 0 Å². The lowest BCUT2D eigenvalue weighted by molar-refractivity contribution is -0.143. The van der Waals surface area contributed by atoms with E-state index in [-0.39, 0.29) is 5.92 Å². The highest BCUT2D eigenvalue weighted by atomic mass is 16.4. The van der Waals surface area contributed by atoms with Gasteiger partial charge >= 0.3 is 5.97 Å². The van der Waals surface area contributed by atoms with Crippen LogP contribution in [0.4, 0.5) is 0 Å². The zero-order valence-corrected chi connectivity index (χ0v) is 9.11. The van der Waals surface area contributed by atoms with Gasteiger partial charge in [0.1, 0.15) is 6.04 Å². The van der Waals surface area contributed by atoms with Crippen LogP contribution in [0.3, 0.4) is 0 Å². The fourth-order valence-corrected chi connectivity index (χ4v) is 2.63. The quantitative estimate of drug-likeness (QED) is 0.678. The summed E-state index contributed by atoms with van der Waals surface area (Å²) in [5.41, 5.74) is 0. The van der Waals surface area contributed by atoms with E-state index in [1.807, 2.05) is 0 Å². The normalized spacial score (nSPS) is 28.1. The van der Waals surface area contributed by atoms with Gasteiger partial charge in [0.15, 0.2) is 0 Å². The number of carboxylic acids is 1. The SMILES string of the molecule is CCC1CCCCC1C(NC=O)C(=O)O. The van der Waals surface area contributed by atoms with Gasteiger partial charge in [0.05, 0.1) is 0 Å². The number of amides is 1. The van der Waals surface area contributed by atoms with Crippen molar-refractivity contribution in [2.45, 2.75) is 45.1 Å². The second-order valence-corrected chi connectivity index (χ2v) is 4.22. The summed E-state index contributed by atoms with van der Waals surface area (Å²) in [7, 11) is 0. The van der Waals surface area contributed by atoms with Crippen LogP contribution in [0.2, 0.25) is 0 Å². The molecule has 1 aliphatic carbocycles. The maximum absolute atomic E-state index is 11.0. The molecule has 0 aromatic rings. The van der Waals surface area contributed by atoms with E-state index < -0.39 is 12.0 Å². The Bertz CT molecular complexity index is 230. The lowest BCUT2D eigenvalue weighted by Gasteiger charge is -2.34. The lowest BCUT2D eigenvalue weighted by Crippen LogP contribution is -2.46. The molecule has 0 saturated heterocycles. The Morgan fingerprint density at radius 3 is 2.73 bits per heavy atom. The van der Waals surface area contributed by atoms with Crippen molar-refractivity contribution in [3.05, 3.63) is 0 Å². The van der Waals surface area contributed by atoms with Gasteiger partial charge in [-0.05, 0) is 18.3 Å². The summed E-state index contributed by atoms with van der Waals surface area (Å²) in [6.07, 6.45) is 5.75. The molecule has 1 rings (SSSR count). The molecule has 1 aliphatic rings. The molecule has 15 heavy (non-hydrogen) atoms. The molecular weight excluding hydrogens is 194 g/mol. The average molecular weight is 213 g/mol. The average Bonchev–Trinajstić information content (AvgIpc) is 2.25. The van der Waals surface area contributed by atoms with Crippen LogP contribution in [0.25, 0.3) is 0 Å². The molecule has 3 unspecified atom stereocenters. The zero-order chi connectivity index (χ0) is 11.3. The van der Waals surface area contributed by atoms with Crippen molar-refractivity contribution in [3.63, 3.8) is 0 Å². The molecule has 1 amide bonds. The second-order valence-electron chi connectivity index (χ2n) is 4.22. The van der Waals surface area contributed by atoms with Crippen LogP contribution in [-0.2, 0) is 9.59 Å². The minimum atomic E-state index is -0.910. The Hall–Kier alpha value is -1.06. The molecule has 4 nitrogen and oxygen atoms in total. The van der Waals surface area contributed by atoms with E-state index >= 15 is 0 Å². The van der Waals surface area contributed by atoms with Crippen LogP contribution in [0, 0.1) is 11.8 Å². The first-order valence-corrected chi connectivity index (χ1v) is 5.63. The van der Waals surface area contributed by atoms with Gasteiger partial charge in [-0.25, -0.2) is 4.79 Å². The van der Waals surface area contributed by atoms with Gasteiger partial charge in [-0.15, -0.1) is 0 Å². The molecule has 4 heteroatoms. The van der Waals surface area contributed by atoms with Gasteiger partial charge in [0, 0.05) is 0 Å². The van der Waals surface area contributed by atoms with E-state index in [9.17, 15) is 9.59 Å². The predicted octanol–water partition coefficient (Wildman–Crippen LogP) is 1.40. The van der Waals surface area contributed by atoms with Gasteiger partial charge < -0.3 is 10.4 Å². The zero-order valence-electron chi connectivity index (χ0n) is 9.11. The molecule has 0 radical (unpaired) electrons. The number of hydrogen-bond donors (Lipinski definition) is 2. The number of carbonyl (C=O) groups excluding carboxylic acids is 1. The van der Waals surface area contributed by atoms with Crippen molar-refractivity contribution in [3.8, 4) is 0 Å². The first-order valence-electron chi connectivity index (χ1n) is 5.63. The highest BCUT2D eigenvalue weighted by Crippen LogP contribution is 2.34. The summed E-state index contributed by atoms with van der Waals surface area (Å²) in [6.45, 7) is 2.09. The van der Waals surface area contributed by atoms with Crippen LogP contribution in [-0.4, -0.2) is 23.5 Å². The third-order valence-electron chi connectivity index (χ3n) is 3.43. The van der Waals surface area contributed by atoms with Crippen LogP contribution in [0.1, 0.15) is 39.0 Å². The molecule has 0 spiro atoms. The van der Waals surface area contributed by atoms with Gasteiger partial charge in [0.25, 0.3) is 0 Å². The molecule has 86 valence electrons. The summed E-state index contributed by atoms with van der Waals surface area (Å²) >= 11 is 0.